The fourth-order valence-corrected chi connectivity index (χ4v) is 4.45. The molecule has 1 aliphatic carbocycles. The molecule has 164 valence electrons. The molecule has 1 amide bonds. The van der Waals surface area contributed by atoms with Gasteiger partial charge in [0.25, 0.3) is 5.56 Å². The zero-order valence-corrected chi connectivity index (χ0v) is 18.4. The minimum absolute atomic E-state index is 0.122. The lowest BCUT2D eigenvalue weighted by molar-refractivity contribution is -0.122. The van der Waals surface area contributed by atoms with E-state index in [1.165, 1.54) is 4.68 Å². The lowest BCUT2D eigenvalue weighted by Gasteiger charge is -2.13. The largest absolute Gasteiger partial charge is 0.352 e. The van der Waals surface area contributed by atoms with E-state index >= 15 is 0 Å². The molecule has 0 radical (unpaired) electrons. The van der Waals surface area contributed by atoms with Crippen molar-refractivity contribution in [3.05, 3.63) is 69.9 Å². The number of nitrogens with zero attached hydrogens (tertiary/aromatic N) is 5. The normalized spacial score (nSPS) is 14.3. The predicted molar refractivity (Wildman–Crippen MR) is 123 cm³/mol. The molecule has 3 aromatic heterocycles. The zero-order valence-electron chi connectivity index (χ0n) is 17.7. The molecule has 3 heterocycles. The van der Waals surface area contributed by atoms with Crippen molar-refractivity contribution in [3.8, 4) is 11.5 Å². The van der Waals surface area contributed by atoms with Gasteiger partial charge in [0.2, 0.25) is 5.91 Å². The molecule has 0 atom stereocenters. The van der Waals surface area contributed by atoms with Crippen LogP contribution in [0.25, 0.3) is 22.4 Å². The van der Waals surface area contributed by atoms with Crippen LogP contribution in [0.1, 0.15) is 31.4 Å². The van der Waals surface area contributed by atoms with E-state index in [-0.39, 0.29) is 24.1 Å². The third kappa shape index (κ3) is 3.71. The van der Waals surface area contributed by atoms with Gasteiger partial charge in [-0.25, -0.2) is 9.36 Å². The van der Waals surface area contributed by atoms with Crippen molar-refractivity contribution in [3.63, 3.8) is 0 Å². The number of fused-ring (bicyclic) bond motifs is 1. The molecule has 0 bridgehead atoms. The van der Waals surface area contributed by atoms with Crippen LogP contribution in [-0.2, 0) is 11.3 Å². The van der Waals surface area contributed by atoms with Gasteiger partial charge in [-0.3, -0.25) is 9.59 Å². The summed E-state index contributed by atoms with van der Waals surface area (Å²) in [4.78, 5) is 26.1. The third-order valence-corrected chi connectivity index (χ3v) is 6.11. The SMILES string of the molecule is Cc1nn(CC(=O)NC2CCCC2)c(=O)c2c(-n3cccc3)n(-c3ccc(Cl)cc3)nc12. The van der Waals surface area contributed by atoms with Gasteiger partial charge in [-0.1, -0.05) is 24.4 Å². The first-order chi connectivity index (χ1) is 15.5. The number of carbonyl (C=O) groups is 1. The summed E-state index contributed by atoms with van der Waals surface area (Å²) < 4.78 is 4.79. The van der Waals surface area contributed by atoms with Crippen LogP contribution in [0.15, 0.2) is 53.6 Å². The van der Waals surface area contributed by atoms with Gasteiger partial charge >= 0.3 is 0 Å². The van der Waals surface area contributed by atoms with E-state index in [4.69, 9.17) is 16.7 Å². The Labute approximate surface area is 189 Å². The average Bonchev–Trinajstić information content (AvgIpc) is 3.52. The molecule has 32 heavy (non-hydrogen) atoms. The summed E-state index contributed by atoms with van der Waals surface area (Å²) in [6, 6.07) is 11.2. The van der Waals surface area contributed by atoms with E-state index in [9.17, 15) is 9.59 Å². The van der Waals surface area contributed by atoms with Crippen molar-refractivity contribution in [1.29, 1.82) is 0 Å². The number of aromatic nitrogens is 5. The number of halogens is 1. The standard InChI is InChI=1S/C23H23ClN6O2/c1-15-21-20(23(32)29(26-15)14-19(31)25-17-6-2-3-7-17)22(28-12-4-5-13-28)30(27-21)18-10-8-16(24)9-11-18/h4-5,8-13,17H,2-3,6-7,14H2,1H3,(H,25,31). The van der Waals surface area contributed by atoms with E-state index in [2.05, 4.69) is 10.4 Å². The van der Waals surface area contributed by atoms with Crippen LogP contribution in [0.3, 0.4) is 0 Å². The second kappa shape index (κ2) is 8.27. The first-order valence-electron chi connectivity index (χ1n) is 10.7. The van der Waals surface area contributed by atoms with Gasteiger partial charge in [0, 0.05) is 23.5 Å². The smallest absolute Gasteiger partial charge is 0.280 e. The summed E-state index contributed by atoms with van der Waals surface area (Å²) in [5, 5.41) is 13.2. The fourth-order valence-electron chi connectivity index (χ4n) is 4.33. The molecular formula is C23H23ClN6O2. The molecule has 0 unspecified atom stereocenters. The van der Waals surface area contributed by atoms with E-state index in [1.807, 2.05) is 41.2 Å². The number of hydrogen-bond donors (Lipinski definition) is 1. The highest BCUT2D eigenvalue weighted by atomic mass is 35.5. The van der Waals surface area contributed by atoms with Crippen LogP contribution >= 0.6 is 11.6 Å². The van der Waals surface area contributed by atoms with Crippen molar-refractivity contribution in [2.45, 2.75) is 45.2 Å². The topological polar surface area (TPSA) is 86.7 Å². The van der Waals surface area contributed by atoms with Crippen LogP contribution in [0, 0.1) is 6.92 Å². The van der Waals surface area contributed by atoms with Crippen molar-refractivity contribution in [2.24, 2.45) is 0 Å². The maximum absolute atomic E-state index is 13.5. The van der Waals surface area contributed by atoms with Crippen molar-refractivity contribution >= 4 is 28.4 Å². The molecule has 5 rings (SSSR count). The van der Waals surface area contributed by atoms with Gasteiger partial charge in [0.05, 0.1) is 11.4 Å². The summed E-state index contributed by atoms with van der Waals surface area (Å²) in [5.41, 5.74) is 1.49. The predicted octanol–water partition coefficient (Wildman–Crippen LogP) is 3.39. The van der Waals surface area contributed by atoms with Crippen molar-refractivity contribution < 1.29 is 4.79 Å². The van der Waals surface area contributed by atoms with Crippen LogP contribution in [0.5, 0.6) is 0 Å². The highest BCUT2D eigenvalue weighted by molar-refractivity contribution is 6.30. The van der Waals surface area contributed by atoms with Gasteiger partial charge < -0.3 is 9.88 Å². The second-order valence-electron chi connectivity index (χ2n) is 8.12. The molecule has 1 N–H and O–H groups in total. The number of amides is 1. The van der Waals surface area contributed by atoms with Gasteiger partial charge in [-0.2, -0.15) is 10.2 Å². The van der Waals surface area contributed by atoms with Crippen molar-refractivity contribution in [2.75, 3.05) is 0 Å². The Morgan fingerprint density at radius 3 is 2.50 bits per heavy atom. The quantitative estimate of drug-likeness (QED) is 0.505. The third-order valence-electron chi connectivity index (χ3n) is 5.86. The van der Waals surface area contributed by atoms with Crippen LogP contribution < -0.4 is 10.9 Å². The fraction of sp³-hybridized carbons (Fsp3) is 0.304. The van der Waals surface area contributed by atoms with Gasteiger partial charge in [0.15, 0.2) is 5.82 Å². The summed E-state index contributed by atoms with van der Waals surface area (Å²) in [5.74, 6) is 0.394. The molecule has 1 aromatic carbocycles. The summed E-state index contributed by atoms with van der Waals surface area (Å²) in [6.45, 7) is 1.68. The number of rotatable bonds is 5. The van der Waals surface area contributed by atoms with Gasteiger partial charge in [0.1, 0.15) is 17.4 Å². The minimum atomic E-state index is -0.351. The minimum Gasteiger partial charge on any atom is -0.352 e. The molecule has 9 heteroatoms. The molecule has 0 aliphatic heterocycles. The zero-order chi connectivity index (χ0) is 22.2. The Morgan fingerprint density at radius 1 is 1.12 bits per heavy atom. The molecule has 0 saturated heterocycles. The Balaban J connectivity index is 1.64. The number of aryl methyl sites for hydroxylation is 1. The molecule has 4 aromatic rings. The average molecular weight is 451 g/mol. The Hall–Kier alpha value is -3.39. The summed E-state index contributed by atoms with van der Waals surface area (Å²) in [6.07, 6.45) is 7.93. The van der Waals surface area contributed by atoms with E-state index < -0.39 is 0 Å². The lowest BCUT2D eigenvalue weighted by Crippen LogP contribution is -2.38. The second-order valence-corrected chi connectivity index (χ2v) is 8.56. The highest BCUT2D eigenvalue weighted by Gasteiger charge is 2.23. The number of carbonyl (C=O) groups excluding carboxylic acids is 1. The van der Waals surface area contributed by atoms with Gasteiger partial charge in [-0.15, -0.1) is 0 Å². The molecular weight excluding hydrogens is 428 g/mol. The summed E-state index contributed by atoms with van der Waals surface area (Å²) >= 11 is 6.06. The lowest BCUT2D eigenvalue weighted by atomic mass is 10.2. The van der Waals surface area contributed by atoms with Crippen LogP contribution in [-0.4, -0.2) is 36.1 Å². The van der Waals surface area contributed by atoms with E-state index in [1.54, 1.807) is 23.7 Å². The number of hydrogen-bond acceptors (Lipinski definition) is 4. The van der Waals surface area contributed by atoms with Crippen molar-refractivity contribution in [1.82, 2.24) is 29.4 Å². The van der Waals surface area contributed by atoms with Gasteiger partial charge in [-0.05, 0) is 56.2 Å². The molecule has 0 spiro atoms. The molecule has 1 fully saturated rings. The number of benzene rings is 1. The Bertz CT molecular complexity index is 1330. The van der Waals surface area contributed by atoms with Crippen LogP contribution in [0.4, 0.5) is 0 Å². The monoisotopic (exact) mass is 450 g/mol. The van der Waals surface area contributed by atoms with E-state index in [0.29, 0.717) is 27.4 Å². The van der Waals surface area contributed by atoms with Crippen LogP contribution in [0.2, 0.25) is 5.02 Å². The Kier molecular flexibility index (Phi) is 5.30. The first kappa shape index (κ1) is 20.5. The number of nitrogens with one attached hydrogen (secondary N) is 1. The first-order valence-corrected chi connectivity index (χ1v) is 11.1. The Morgan fingerprint density at radius 2 is 1.81 bits per heavy atom. The highest BCUT2D eigenvalue weighted by Crippen LogP contribution is 2.25. The molecule has 8 nitrogen and oxygen atoms in total. The molecule has 1 saturated carbocycles. The maximum atomic E-state index is 13.5. The maximum Gasteiger partial charge on any atom is 0.280 e. The summed E-state index contributed by atoms with van der Waals surface area (Å²) in [7, 11) is 0. The molecule has 1 aliphatic rings. The van der Waals surface area contributed by atoms with E-state index in [0.717, 1.165) is 31.4 Å².